The van der Waals surface area contributed by atoms with Gasteiger partial charge in [0.25, 0.3) is 10.0 Å². The van der Waals surface area contributed by atoms with Crippen LogP contribution in [0, 0.1) is 3.70 Å². The molecule has 0 N–H and O–H groups in total. The Morgan fingerprint density at radius 3 is 2.41 bits per heavy atom. The summed E-state index contributed by atoms with van der Waals surface area (Å²) < 4.78 is 33.7. The van der Waals surface area contributed by atoms with Gasteiger partial charge >= 0.3 is 0 Å². The molecule has 0 amide bonds. The van der Waals surface area contributed by atoms with Crippen molar-refractivity contribution in [2.24, 2.45) is 0 Å². The molecule has 136 valence electrons. The summed E-state index contributed by atoms with van der Waals surface area (Å²) >= 11 is 2.03. The average Bonchev–Trinajstić information content (AvgIpc) is 3.05. The van der Waals surface area contributed by atoms with E-state index >= 15 is 0 Å². The molecule has 0 spiro atoms. The average molecular weight is 490 g/mol. The maximum atomic E-state index is 13.2. The highest BCUT2D eigenvalue weighted by Crippen LogP contribution is 2.36. The number of methoxy groups -OCH3 is 1. The first-order valence-electron chi connectivity index (χ1n) is 8.14. The predicted octanol–water partition coefficient (Wildman–Crippen LogP) is 4.55. The number of hydrogen-bond acceptors (Lipinski definition) is 4. The third kappa shape index (κ3) is 3.00. The molecule has 0 aliphatic rings. The van der Waals surface area contributed by atoms with Crippen molar-refractivity contribution in [3.05, 3.63) is 76.6 Å². The van der Waals surface area contributed by atoms with Crippen LogP contribution in [-0.2, 0) is 10.0 Å². The molecule has 0 aliphatic carbocycles. The Kier molecular flexibility index (Phi) is 4.65. The lowest BCUT2D eigenvalue weighted by Gasteiger charge is -2.11. The van der Waals surface area contributed by atoms with E-state index in [4.69, 9.17) is 4.74 Å². The van der Waals surface area contributed by atoms with Crippen molar-refractivity contribution in [3.63, 3.8) is 0 Å². The molecule has 0 saturated heterocycles. The SMILES string of the molecule is COc1ccccc1-c1ccnc2c1cc(I)n2S(=O)(=O)c1ccccc1. The number of fused-ring (bicyclic) bond motifs is 1. The van der Waals surface area contributed by atoms with E-state index in [1.54, 1.807) is 43.6 Å². The molecule has 0 atom stereocenters. The van der Waals surface area contributed by atoms with Crippen LogP contribution in [0.4, 0.5) is 0 Å². The Labute approximate surface area is 170 Å². The number of benzene rings is 2. The highest BCUT2D eigenvalue weighted by Gasteiger charge is 2.24. The quantitative estimate of drug-likeness (QED) is 0.394. The minimum atomic E-state index is -3.75. The van der Waals surface area contributed by atoms with Crippen molar-refractivity contribution in [1.29, 1.82) is 0 Å². The lowest BCUT2D eigenvalue weighted by Crippen LogP contribution is -2.14. The Morgan fingerprint density at radius 2 is 1.67 bits per heavy atom. The van der Waals surface area contributed by atoms with Crippen LogP contribution in [0.2, 0.25) is 0 Å². The minimum Gasteiger partial charge on any atom is -0.496 e. The second kappa shape index (κ2) is 6.97. The summed E-state index contributed by atoms with van der Waals surface area (Å²) in [7, 11) is -2.14. The molecule has 0 unspecified atom stereocenters. The Balaban J connectivity index is 2.01. The van der Waals surface area contributed by atoms with Crippen LogP contribution in [0.1, 0.15) is 0 Å². The first-order chi connectivity index (χ1) is 13.0. The number of rotatable bonds is 4. The van der Waals surface area contributed by atoms with Gasteiger partial charge in [-0.25, -0.2) is 17.4 Å². The number of nitrogens with zero attached hydrogens (tertiary/aromatic N) is 2. The summed E-state index contributed by atoms with van der Waals surface area (Å²) in [6, 6.07) is 19.7. The number of pyridine rings is 1. The van der Waals surface area contributed by atoms with Crippen LogP contribution in [0.25, 0.3) is 22.2 Å². The molecule has 0 fully saturated rings. The monoisotopic (exact) mass is 490 g/mol. The van der Waals surface area contributed by atoms with Crippen LogP contribution in [-0.4, -0.2) is 24.5 Å². The highest BCUT2D eigenvalue weighted by atomic mass is 127. The molecule has 2 aromatic carbocycles. The molecule has 4 rings (SSSR count). The lowest BCUT2D eigenvalue weighted by atomic mass is 10.0. The maximum absolute atomic E-state index is 13.2. The molecular weight excluding hydrogens is 475 g/mol. The van der Waals surface area contributed by atoms with Crippen LogP contribution in [0.3, 0.4) is 0 Å². The molecule has 7 heteroatoms. The summed E-state index contributed by atoms with van der Waals surface area (Å²) in [5.41, 5.74) is 2.15. The number of hydrogen-bond donors (Lipinski definition) is 0. The van der Waals surface area contributed by atoms with Gasteiger partial charge in [-0.15, -0.1) is 0 Å². The van der Waals surface area contributed by atoms with E-state index in [1.807, 2.05) is 59.0 Å². The van der Waals surface area contributed by atoms with E-state index in [-0.39, 0.29) is 4.90 Å². The molecular formula is C20H15IN2O3S. The van der Waals surface area contributed by atoms with E-state index in [2.05, 4.69) is 4.98 Å². The van der Waals surface area contributed by atoms with Gasteiger partial charge < -0.3 is 4.74 Å². The van der Waals surface area contributed by atoms with E-state index in [9.17, 15) is 8.42 Å². The van der Waals surface area contributed by atoms with Crippen LogP contribution in [0.5, 0.6) is 5.75 Å². The number of para-hydroxylation sites is 1. The predicted molar refractivity (Wildman–Crippen MR) is 113 cm³/mol. The van der Waals surface area contributed by atoms with E-state index < -0.39 is 10.0 Å². The zero-order valence-corrected chi connectivity index (χ0v) is 17.3. The lowest BCUT2D eigenvalue weighted by molar-refractivity contribution is 0.416. The van der Waals surface area contributed by atoms with Crippen LogP contribution < -0.4 is 4.74 Å². The highest BCUT2D eigenvalue weighted by molar-refractivity contribution is 14.1. The maximum Gasteiger partial charge on any atom is 0.270 e. The molecule has 2 heterocycles. The van der Waals surface area contributed by atoms with Crippen LogP contribution >= 0.6 is 22.6 Å². The normalized spacial score (nSPS) is 11.6. The molecule has 0 aliphatic heterocycles. The third-order valence-electron chi connectivity index (χ3n) is 4.30. The first kappa shape index (κ1) is 18.0. The van der Waals surface area contributed by atoms with Gasteiger partial charge in [-0.05, 0) is 58.5 Å². The van der Waals surface area contributed by atoms with E-state index in [1.165, 1.54) is 3.97 Å². The minimum absolute atomic E-state index is 0.227. The topological polar surface area (TPSA) is 61.2 Å². The largest absolute Gasteiger partial charge is 0.496 e. The van der Waals surface area contributed by atoms with Crippen molar-refractivity contribution >= 4 is 43.6 Å². The summed E-state index contributed by atoms with van der Waals surface area (Å²) in [4.78, 5) is 4.60. The Bertz CT molecular complexity index is 1230. The molecule has 5 nitrogen and oxygen atoms in total. The van der Waals surface area contributed by atoms with Gasteiger partial charge in [-0.3, -0.25) is 0 Å². The summed E-state index contributed by atoms with van der Waals surface area (Å²) in [6.07, 6.45) is 1.62. The van der Waals surface area contributed by atoms with Crippen molar-refractivity contribution < 1.29 is 13.2 Å². The van der Waals surface area contributed by atoms with Gasteiger partial charge in [0, 0.05) is 17.1 Å². The fourth-order valence-electron chi connectivity index (χ4n) is 3.07. The van der Waals surface area contributed by atoms with Gasteiger partial charge in [-0.1, -0.05) is 36.4 Å². The van der Waals surface area contributed by atoms with Crippen LogP contribution in [0.15, 0.2) is 77.8 Å². The Hall–Kier alpha value is -2.39. The number of aromatic nitrogens is 2. The van der Waals surface area contributed by atoms with Crippen molar-refractivity contribution in [2.75, 3.05) is 7.11 Å². The van der Waals surface area contributed by atoms with Crippen molar-refractivity contribution in [1.82, 2.24) is 8.96 Å². The molecule has 27 heavy (non-hydrogen) atoms. The fraction of sp³-hybridized carbons (Fsp3) is 0.0500. The number of ether oxygens (including phenoxy) is 1. The smallest absolute Gasteiger partial charge is 0.270 e. The van der Waals surface area contributed by atoms with Crippen molar-refractivity contribution in [2.45, 2.75) is 4.90 Å². The second-order valence-electron chi connectivity index (χ2n) is 5.85. The standard InChI is InChI=1S/C20H15IN2O3S/c1-26-18-10-6-5-9-16(18)15-11-12-22-20-17(15)13-19(21)23(20)27(24,25)14-7-3-2-4-8-14/h2-13H,1H3. The second-order valence-corrected chi connectivity index (χ2v) is 8.74. The molecule has 0 radical (unpaired) electrons. The zero-order valence-electron chi connectivity index (χ0n) is 14.3. The molecule has 0 saturated carbocycles. The van der Waals surface area contributed by atoms with Gasteiger partial charge in [0.1, 0.15) is 5.75 Å². The fourth-order valence-corrected chi connectivity index (χ4v) is 5.76. The van der Waals surface area contributed by atoms with E-state index in [0.717, 1.165) is 22.3 Å². The van der Waals surface area contributed by atoms with Gasteiger partial charge in [0.15, 0.2) is 5.65 Å². The van der Waals surface area contributed by atoms with Crippen molar-refractivity contribution in [3.8, 4) is 16.9 Å². The third-order valence-corrected chi connectivity index (χ3v) is 7.14. The van der Waals surface area contributed by atoms with Gasteiger partial charge in [-0.2, -0.15) is 0 Å². The summed E-state index contributed by atoms with van der Waals surface area (Å²) in [5, 5.41) is 0.755. The Morgan fingerprint density at radius 1 is 0.963 bits per heavy atom. The molecule has 2 aromatic heterocycles. The summed E-state index contributed by atoms with van der Waals surface area (Å²) in [5.74, 6) is 0.721. The van der Waals surface area contributed by atoms with Gasteiger partial charge in [0.05, 0.1) is 15.7 Å². The zero-order chi connectivity index (χ0) is 19.0. The molecule has 0 bridgehead atoms. The summed E-state index contributed by atoms with van der Waals surface area (Å²) in [6.45, 7) is 0. The molecule has 4 aromatic rings. The number of halogens is 1. The van der Waals surface area contributed by atoms with E-state index in [0.29, 0.717) is 9.35 Å². The van der Waals surface area contributed by atoms with Gasteiger partial charge in [0.2, 0.25) is 0 Å². The first-order valence-corrected chi connectivity index (χ1v) is 10.7.